The van der Waals surface area contributed by atoms with Crippen LogP contribution in [0.3, 0.4) is 0 Å². The Balaban J connectivity index is 1.41. The van der Waals surface area contributed by atoms with Gasteiger partial charge in [-0.2, -0.15) is 0 Å². The van der Waals surface area contributed by atoms with E-state index in [1.165, 1.54) is 5.56 Å². The molecule has 2 N–H and O–H groups in total. The summed E-state index contributed by atoms with van der Waals surface area (Å²) in [6.07, 6.45) is 5.08. The summed E-state index contributed by atoms with van der Waals surface area (Å²) in [6.45, 7) is 0.720. The highest BCUT2D eigenvalue weighted by atomic mass is 16.1. The molecule has 0 bridgehead atoms. The van der Waals surface area contributed by atoms with E-state index >= 15 is 0 Å². The van der Waals surface area contributed by atoms with Crippen molar-refractivity contribution in [3.63, 3.8) is 0 Å². The molecule has 168 valence electrons. The summed E-state index contributed by atoms with van der Waals surface area (Å²) in [6, 6.07) is 24.9. The number of rotatable bonds is 5. The van der Waals surface area contributed by atoms with Crippen LogP contribution in [-0.4, -0.2) is 27.1 Å². The van der Waals surface area contributed by atoms with Gasteiger partial charge in [0.25, 0.3) is 5.91 Å². The number of carbonyl (C=O) groups excluding carboxylic acids is 1. The zero-order chi connectivity index (χ0) is 23.6. The van der Waals surface area contributed by atoms with Crippen LogP contribution < -0.4 is 10.6 Å². The smallest absolute Gasteiger partial charge is 0.255 e. The lowest BCUT2D eigenvalue weighted by Crippen LogP contribution is -2.13. The number of para-hydroxylation sites is 2. The molecule has 0 radical (unpaired) electrons. The van der Waals surface area contributed by atoms with Gasteiger partial charge in [-0.15, -0.1) is 0 Å². The Morgan fingerprint density at radius 3 is 2.60 bits per heavy atom. The van der Waals surface area contributed by atoms with Crippen molar-refractivity contribution in [3.05, 3.63) is 108 Å². The van der Waals surface area contributed by atoms with Crippen LogP contribution in [0.2, 0.25) is 0 Å². The predicted octanol–water partition coefficient (Wildman–Crippen LogP) is 5.62. The molecule has 0 unspecified atom stereocenters. The van der Waals surface area contributed by atoms with Crippen molar-refractivity contribution in [3.8, 4) is 11.4 Å². The molecule has 3 aromatic carbocycles. The number of amides is 1. The lowest BCUT2D eigenvalue weighted by Gasteiger charge is -2.14. The summed E-state index contributed by atoms with van der Waals surface area (Å²) in [4.78, 5) is 30.8. The molecule has 0 saturated heterocycles. The number of fused-ring (bicyclic) bond motifs is 2. The third-order valence-electron chi connectivity index (χ3n) is 5.86. The van der Waals surface area contributed by atoms with E-state index in [0.717, 1.165) is 34.3 Å². The minimum Gasteiger partial charge on any atom is -0.340 e. The number of nitrogens with zero attached hydrogens (tertiary/aromatic N) is 4. The monoisotopic (exact) mass is 456 g/mol. The van der Waals surface area contributed by atoms with Gasteiger partial charge >= 0.3 is 0 Å². The first-order valence-electron chi connectivity index (χ1n) is 11.2. The van der Waals surface area contributed by atoms with Crippen LogP contribution in [0.25, 0.3) is 22.3 Å². The van der Waals surface area contributed by atoms with E-state index in [2.05, 4.69) is 32.7 Å². The molecule has 0 spiro atoms. The maximum absolute atomic E-state index is 12.8. The highest BCUT2D eigenvalue weighted by Gasteiger charge is 2.15. The first-order valence-corrected chi connectivity index (χ1v) is 11.2. The Morgan fingerprint density at radius 2 is 1.69 bits per heavy atom. The van der Waals surface area contributed by atoms with Gasteiger partial charge in [0.1, 0.15) is 5.82 Å². The molecule has 6 rings (SSSR count). The SMILES string of the molecule is O=C(Nc1ccccc1-c1nc(Nc2ccc3c(c2)C=NC3)c2ccccc2n1)c1ccncc1. The minimum atomic E-state index is -0.223. The average Bonchev–Trinajstić information content (AvgIpc) is 3.37. The van der Waals surface area contributed by atoms with Crippen LogP contribution in [-0.2, 0) is 6.54 Å². The first kappa shape index (κ1) is 20.7. The molecule has 0 fully saturated rings. The minimum absolute atomic E-state index is 0.223. The second-order valence-corrected chi connectivity index (χ2v) is 8.16. The highest BCUT2D eigenvalue weighted by molar-refractivity contribution is 6.06. The van der Waals surface area contributed by atoms with Crippen molar-refractivity contribution in [2.45, 2.75) is 6.54 Å². The molecular weight excluding hydrogens is 436 g/mol. The van der Waals surface area contributed by atoms with Crippen LogP contribution in [0.5, 0.6) is 0 Å². The van der Waals surface area contributed by atoms with Crippen molar-refractivity contribution >= 4 is 40.2 Å². The van der Waals surface area contributed by atoms with E-state index in [4.69, 9.17) is 9.97 Å². The number of aliphatic imine (C=N–C) groups is 1. The van der Waals surface area contributed by atoms with Crippen LogP contribution in [0.1, 0.15) is 21.5 Å². The van der Waals surface area contributed by atoms with Crippen molar-refractivity contribution in [1.82, 2.24) is 15.0 Å². The molecule has 1 aliphatic heterocycles. The highest BCUT2D eigenvalue weighted by Crippen LogP contribution is 2.31. The maximum atomic E-state index is 12.8. The van der Waals surface area contributed by atoms with Crippen LogP contribution in [0.4, 0.5) is 17.2 Å². The van der Waals surface area contributed by atoms with E-state index in [-0.39, 0.29) is 5.91 Å². The van der Waals surface area contributed by atoms with Gasteiger partial charge in [-0.05, 0) is 59.7 Å². The predicted molar refractivity (Wildman–Crippen MR) is 138 cm³/mol. The summed E-state index contributed by atoms with van der Waals surface area (Å²) >= 11 is 0. The van der Waals surface area contributed by atoms with E-state index in [0.29, 0.717) is 22.9 Å². The molecule has 1 aliphatic rings. The summed E-state index contributed by atoms with van der Waals surface area (Å²) < 4.78 is 0. The molecule has 1 amide bonds. The van der Waals surface area contributed by atoms with Gasteiger partial charge in [0.15, 0.2) is 5.82 Å². The number of carbonyl (C=O) groups is 1. The fourth-order valence-corrected chi connectivity index (χ4v) is 4.09. The number of pyridine rings is 1. The van der Waals surface area contributed by atoms with E-state index < -0.39 is 0 Å². The van der Waals surface area contributed by atoms with Crippen molar-refractivity contribution in [2.24, 2.45) is 4.99 Å². The molecule has 7 nitrogen and oxygen atoms in total. The molecule has 7 heteroatoms. The van der Waals surface area contributed by atoms with Gasteiger partial charge in [0.05, 0.1) is 17.7 Å². The normalized spacial score (nSPS) is 11.9. The molecular formula is C28H20N6O. The van der Waals surface area contributed by atoms with Crippen molar-refractivity contribution in [2.75, 3.05) is 10.6 Å². The number of hydrogen-bond acceptors (Lipinski definition) is 6. The van der Waals surface area contributed by atoms with Crippen molar-refractivity contribution in [1.29, 1.82) is 0 Å². The molecule has 2 aromatic heterocycles. The van der Waals surface area contributed by atoms with Gasteiger partial charge in [0.2, 0.25) is 0 Å². The molecule has 3 heterocycles. The topological polar surface area (TPSA) is 92.2 Å². The average molecular weight is 457 g/mol. The van der Waals surface area contributed by atoms with Crippen LogP contribution >= 0.6 is 0 Å². The van der Waals surface area contributed by atoms with E-state index in [1.807, 2.05) is 60.8 Å². The lowest BCUT2D eigenvalue weighted by molar-refractivity contribution is 0.102. The largest absolute Gasteiger partial charge is 0.340 e. The van der Waals surface area contributed by atoms with Gasteiger partial charge in [-0.25, -0.2) is 9.97 Å². The number of benzene rings is 3. The molecule has 0 atom stereocenters. The second kappa shape index (κ2) is 8.79. The molecule has 0 saturated carbocycles. The summed E-state index contributed by atoms with van der Waals surface area (Å²) in [5, 5.41) is 7.36. The van der Waals surface area contributed by atoms with E-state index in [1.54, 1.807) is 24.5 Å². The Bertz CT molecular complexity index is 1600. The first-order chi connectivity index (χ1) is 17.2. The van der Waals surface area contributed by atoms with Gasteiger partial charge in [-0.1, -0.05) is 30.3 Å². The zero-order valence-electron chi connectivity index (χ0n) is 18.6. The fraction of sp³-hybridized carbons (Fsp3) is 0.0357. The lowest BCUT2D eigenvalue weighted by atomic mass is 10.1. The van der Waals surface area contributed by atoms with Gasteiger partial charge in [-0.3, -0.25) is 14.8 Å². The summed E-state index contributed by atoms with van der Waals surface area (Å²) in [5.41, 5.74) is 5.93. The number of aromatic nitrogens is 3. The van der Waals surface area contributed by atoms with E-state index in [9.17, 15) is 4.79 Å². The van der Waals surface area contributed by atoms with Crippen LogP contribution in [0.15, 0.2) is 96.2 Å². The fourth-order valence-electron chi connectivity index (χ4n) is 4.09. The van der Waals surface area contributed by atoms with Crippen LogP contribution in [0, 0.1) is 0 Å². The quantitative estimate of drug-likeness (QED) is 0.358. The number of hydrogen-bond donors (Lipinski definition) is 2. The van der Waals surface area contributed by atoms with Gasteiger partial charge in [0, 0.05) is 40.8 Å². The number of anilines is 3. The summed E-state index contributed by atoms with van der Waals surface area (Å²) in [7, 11) is 0. The maximum Gasteiger partial charge on any atom is 0.255 e. The second-order valence-electron chi connectivity index (χ2n) is 8.16. The molecule has 35 heavy (non-hydrogen) atoms. The standard InChI is InChI=1S/C28H20N6O/c35-28(18-11-13-29-14-12-18)33-25-8-4-2-6-23(25)27-32-24-7-3-1-5-22(24)26(34-27)31-21-10-9-19-16-30-17-20(19)15-21/h1-15,17H,16H2,(H,33,35)(H,31,32,34). The molecule has 5 aromatic rings. The Labute approximate surface area is 201 Å². The number of nitrogens with one attached hydrogen (secondary N) is 2. The summed E-state index contributed by atoms with van der Waals surface area (Å²) in [5.74, 6) is 0.981. The zero-order valence-corrected chi connectivity index (χ0v) is 18.6. The third-order valence-corrected chi connectivity index (χ3v) is 5.86. The third kappa shape index (κ3) is 4.11. The van der Waals surface area contributed by atoms with Crippen molar-refractivity contribution < 1.29 is 4.79 Å². The van der Waals surface area contributed by atoms with Gasteiger partial charge < -0.3 is 10.6 Å². The molecule has 0 aliphatic carbocycles. The Kier molecular flexibility index (Phi) is 5.20. The Morgan fingerprint density at radius 1 is 0.857 bits per heavy atom. The Hall–Kier alpha value is -4.91.